The third kappa shape index (κ3) is 4.87. The molecule has 0 saturated heterocycles. The van der Waals surface area contributed by atoms with Gasteiger partial charge < -0.3 is 4.74 Å². The molecule has 0 bridgehead atoms. The number of allylic oxidation sites excluding steroid dienone is 1. The normalized spacial score (nSPS) is 38.8. The van der Waals surface area contributed by atoms with Gasteiger partial charge in [-0.3, -0.25) is 0 Å². The van der Waals surface area contributed by atoms with Crippen molar-refractivity contribution >= 4 is 5.97 Å². The van der Waals surface area contributed by atoms with Crippen molar-refractivity contribution in [3.8, 4) is 6.07 Å². The summed E-state index contributed by atoms with van der Waals surface area (Å²) in [7, 11) is 0. The van der Waals surface area contributed by atoms with Crippen LogP contribution >= 0.6 is 0 Å². The number of ether oxygens (including phenoxy) is 1. The standard InChI is InChI=1S/C35H49NO2/c1-23(2)10-9-11-24(3)29-14-15-30-32-26(22-36)20-27-21-28(38-33(37)25-12-7-6-8-13-25)16-18-34(27,4)31(32)17-19-35(29,30)5/h6-8,12-13,20,23-24,26,28-32H,9-11,14-19,21H2,1-5H3/t24-,26+,28+,29-,30+,31+,32+,34+,35-/m1/s1. The molecule has 3 fully saturated rings. The first kappa shape index (κ1) is 27.5. The van der Waals surface area contributed by atoms with Gasteiger partial charge in [0.05, 0.1) is 17.6 Å². The molecule has 1 aromatic rings. The zero-order chi connectivity index (χ0) is 27.1. The second kappa shape index (κ2) is 10.8. The van der Waals surface area contributed by atoms with E-state index in [1.807, 2.05) is 30.3 Å². The van der Waals surface area contributed by atoms with Crippen molar-refractivity contribution in [2.75, 3.05) is 0 Å². The van der Waals surface area contributed by atoms with Crippen LogP contribution in [-0.4, -0.2) is 12.1 Å². The average molecular weight is 516 g/mol. The summed E-state index contributed by atoms with van der Waals surface area (Å²) >= 11 is 0. The Morgan fingerprint density at radius 1 is 1.03 bits per heavy atom. The van der Waals surface area contributed by atoms with Gasteiger partial charge in [0.15, 0.2) is 0 Å². The van der Waals surface area contributed by atoms with Crippen molar-refractivity contribution < 1.29 is 9.53 Å². The molecule has 3 saturated carbocycles. The van der Waals surface area contributed by atoms with Crippen molar-refractivity contribution in [2.24, 2.45) is 52.3 Å². The van der Waals surface area contributed by atoms with E-state index in [9.17, 15) is 10.1 Å². The van der Waals surface area contributed by atoms with Crippen LogP contribution in [0.3, 0.4) is 0 Å². The molecular weight excluding hydrogens is 466 g/mol. The highest BCUT2D eigenvalue weighted by Gasteiger charge is 2.61. The van der Waals surface area contributed by atoms with Gasteiger partial charge in [0.2, 0.25) is 0 Å². The molecule has 0 radical (unpaired) electrons. The molecule has 206 valence electrons. The molecule has 0 amide bonds. The fourth-order valence-electron chi connectivity index (χ4n) is 9.69. The van der Waals surface area contributed by atoms with Gasteiger partial charge >= 0.3 is 5.97 Å². The Labute approximate surface area is 231 Å². The van der Waals surface area contributed by atoms with E-state index in [-0.39, 0.29) is 23.4 Å². The lowest BCUT2D eigenvalue weighted by Gasteiger charge is -2.59. The zero-order valence-electron chi connectivity index (χ0n) is 24.4. The van der Waals surface area contributed by atoms with E-state index in [2.05, 4.69) is 46.8 Å². The van der Waals surface area contributed by atoms with Gasteiger partial charge in [-0.2, -0.15) is 5.26 Å². The highest BCUT2D eigenvalue weighted by molar-refractivity contribution is 5.89. The summed E-state index contributed by atoms with van der Waals surface area (Å²) in [5.41, 5.74) is 2.52. The highest BCUT2D eigenvalue weighted by atomic mass is 16.5. The lowest BCUT2D eigenvalue weighted by molar-refractivity contribution is -0.0696. The van der Waals surface area contributed by atoms with Gasteiger partial charge in [0.25, 0.3) is 0 Å². The Morgan fingerprint density at radius 2 is 1.79 bits per heavy atom. The van der Waals surface area contributed by atoms with E-state index in [1.165, 1.54) is 50.5 Å². The van der Waals surface area contributed by atoms with Crippen LogP contribution in [0, 0.1) is 63.6 Å². The van der Waals surface area contributed by atoms with Crippen LogP contribution in [0.1, 0.15) is 109 Å². The fourth-order valence-corrected chi connectivity index (χ4v) is 9.69. The van der Waals surface area contributed by atoms with E-state index in [1.54, 1.807) is 0 Å². The largest absolute Gasteiger partial charge is 0.458 e. The second-order valence-corrected chi connectivity index (χ2v) is 14.2. The number of fused-ring (bicyclic) bond motifs is 5. The summed E-state index contributed by atoms with van der Waals surface area (Å²) in [6, 6.07) is 12.1. The Morgan fingerprint density at radius 3 is 2.50 bits per heavy atom. The molecule has 3 nitrogen and oxygen atoms in total. The molecule has 0 aromatic heterocycles. The first-order valence-corrected chi connectivity index (χ1v) is 15.5. The molecule has 0 spiro atoms. The van der Waals surface area contributed by atoms with E-state index in [0.29, 0.717) is 28.7 Å². The predicted octanol–water partition coefficient (Wildman–Crippen LogP) is 9.00. The van der Waals surface area contributed by atoms with Crippen LogP contribution in [-0.2, 0) is 4.74 Å². The number of carbonyl (C=O) groups excluding carboxylic acids is 1. The number of hydrogen-bond acceptors (Lipinski definition) is 3. The Kier molecular flexibility index (Phi) is 7.83. The summed E-state index contributed by atoms with van der Waals surface area (Å²) in [5.74, 6) is 3.85. The zero-order valence-corrected chi connectivity index (χ0v) is 24.4. The maximum Gasteiger partial charge on any atom is 0.338 e. The number of benzene rings is 1. The molecule has 9 atom stereocenters. The number of hydrogen-bond donors (Lipinski definition) is 0. The Hall–Kier alpha value is -2.08. The molecule has 0 aliphatic heterocycles. The summed E-state index contributed by atoms with van der Waals surface area (Å²) in [6.07, 6.45) is 14.3. The molecule has 38 heavy (non-hydrogen) atoms. The van der Waals surface area contributed by atoms with Gasteiger partial charge in [-0.05, 0) is 97.0 Å². The van der Waals surface area contributed by atoms with Gasteiger partial charge in [0.1, 0.15) is 6.10 Å². The van der Waals surface area contributed by atoms with Gasteiger partial charge in [0, 0.05) is 6.42 Å². The predicted molar refractivity (Wildman–Crippen MR) is 153 cm³/mol. The van der Waals surface area contributed by atoms with Crippen molar-refractivity contribution in [3.63, 3.8) is 0 Å². The molecule has 5 rings (SSSR count). The van der Waals surface area contributed by atoms with E-state index in [0.717, 1.165) is 37.0 Å². The quantitative estimate of drug-likeness (QED) is 0.269. The number of rotatable bonds is 7. The van der Waals surface area contributed by atoms with Crippen LogP contribution in [0.25, 0.3) is 0 Å². The minimum absolute atomic E-state index is 0.00808. The van der Waals surface area contributed by atoms with Crippen LogP contribution in [0.5, 0.6) is 0 Å². The number of nitrogens with zero attached hydrogens (tertiary/aromatic N) is 1. The fraction of sp³-hybridized carbons (Fsp3) is 0.714. The minimum atomic E-state index is -0.224. The summed E-state index contributed by atoms with van der Waals surface area (Å²) in [6.45, 7) is 12.3. The van der Waals surface area contributed by atoms with E-state index < -0.39 is 0 Å². The maximum absolute atomic E-state index is 12.8. The number of carbonyl (C=O) groups is 1. The van der Waals surface area contributed by atoms with Crippen LogP contribution in [0.4, 0.5) is 0 Å². The molecule has 0 unspecified atom stereocenters. The van der Waals surface area contributed by atoms with Crippen LogP contribution in [0.15, 0.2) is 42.0 Å². The molecular formula is C35H49NO2. The number of esters is 1. The first-order valence-electron chi connectivity index (χ1n) is 15.5. The maximum atomic E-state index is 12.8. The van der Waals surface area contributed by atoms with Crippen LogP contribution < -0.4 is 0 Å². The van der Waals surface area contributed by atoms with Gasteiger partial charge in [-0.15, -0.1) is 0 Å². The smallest absolute Gasteiger partial charge is 0.338 e. The van der Waals surface area contributed by atoms with Gasteiger partial charge in [-0.25, -0.2) is 4.79 Å². The molecule has 4 aliphatic rings. The minimum Gasteiger partial charge on any atom is -0.458 e. The first-order chi connectivity index (χ1) is 18.2. The van der Waals surface area contributed by atoms with Crippen molar-refractivity contribution in [2.45, 2.75) is 105 Å². The third-order valence-corrected chi connectivity index (χ3v) is 11.7. The third-order valence-electron chi connectivity index (χ3n) is 11.7. The van der Waals surface area contributed by atoms with Crippen LogP contribution in [0.2, 0.25) is 0 Å². The van der Waals surface area contributed by atoms with E-state index in [4.69, 9.17) is 4.74 Å². The monoisotopic (exact) mass is 515 g/mol. The van der Waals surface area contributed by atoms with Crippen molar-refractivity contribution in [3.05, 3.63) is 47.5 Å². The molecule has 3 heteroatoms. The molecule has 4 aliphatic carbocycles. The number of nitriles is 1. The molecule has 0 heterocycles. The summed E-state index contributed by atoms with van der Waals surface area (Å²) < 4.78 is 5.99. The Balaban J connectivity index is 1.33. The molecule has 1 aromatic carbocycles. The average Bonchev–Trinajstić information content (AvgIpc) is 3.26. The van der Waals surface area contributed by atoms with Crippen molar-refractivity contribution in [1.82, 2.24) is 0 Å². The highest BCUT2D eigenvalue weighted by Crippen LogP contribution is 2.68. The van der Waals surface area contributed by atoms with Crippen molar-refractivity contribution in [1.29, 1.82) is 5.26 Å². The second-order valence-electron chi connectivity index (χ2n) is 14.2. The Bertz CT molecular complexity index is 1070. The van der Waals surface area contributed by atoms with Gasteiger partial charge in [-0.1, -0.05) is 83.7 Å². The molecule has 0 N–H and O–H groups in total. The lowest BCUT2D eigenvalue weighted by Crippen LogP contribution is -2.53. The SMILES string of the molecule is CC(C)CCC[C@@H](C)[C@H]1CC[C@H]2[C@@H]3[C@H](C#N)C=C4C[C@@H](OC(=O)c5ccccc5)CC[C@]4(C)[C@H]3CC[C@]12C. The summed E-state index contributed by atoms with van der Waals surface area (Å²) in [4.78, 5) is 12.8. The van der Waals surface area contributed by atoms with E-state index >= 15 is 0 Å². The topological polar surface area (TPSA) is 50.1 Å². The summed E-state index contributed by atoms with van der Waals surface area (Å²) in [5, 5.41) is 10.4. The lowest BCUT2D eigenvalue weighted by atomic mass is 9.45.